The zero-order chi connectivity index (χ0) is 41.6. The average molecular weight is 818 g/mol. The van der Waals surface area contributed by atoms with Crippen LogP contribution in [0.5, 0.6) is 0 Å². The minimum absolute atomic E-state index is 0.264. The molecule has 56 heavy (non-hydrogen) atoms. The molecule has 0 aliphatic heterocycles. The Hall–Kier alpha value is -1.74. The van der Waals surface area contributed by atoms with E-state index in [-0.39, 0.29) is 6.42 Å². The van der Waals surface area contributed by atoms with E-state index in [1.807, 2.05) is 0 Å². The first kappa shape index (κ1) is 52.3. The van der Waals surface area contributed by atoms with Gasteiger partial charge in [-0.2, -0.15) is 0 Å². The van der Waals surface area contributed by atoms with Gasteiger partial charge in [-0.3, -0.25) is 13.8 Å². The van der Waals surface area contributed by atoms with Gasteiger partial charge in [0.25, 0.3) is 0 Å². The fourth-order valence-electron chi connectivity index (χ4n) is 6.34. The average Bonchev–Trinajstić information content (AvgIpc) is 3.17. The molecule has 0 saturated heterocycles. The molecule has 0 spiro atoms. The van der Waals surface area contributed by atoms with E-state index < -0.39 is 75.2 Å². The highest BCUT2D eigenvalue weighted by Crippen LogP contribution is 2.47. The minimum Gasteiger partial charge on any atom is -0.393 e. The van der Waals surface area contributed by atoms with Gasteiger partial charge in [-0.15, -0.1) is 0 Å². The maximum atomic E-state index is 12.9. The maximum Gasteiger partial charge on any atom is 0.472 e. The summed E-state index contributed by atoms with van der Waals surface area (Å²) in [5, 5.41) is 74.1. The number of unbranched alkanes of at least 4 members (excludes halogenated alkanes) is 14. The molecule has 13 nitrogen and oxygen atoms in total. The number of phosphoric ester groups is 1. The number of nitrogens with one attached hydrogen (secondary N) is 1. The Bertz CT molecular complexity index is 1150. The molecular formula is C42H76NO12P. The molecule has 1 saturated carbocycles. The van der Waals surface area contributed by atoms with Crippen LogP contribution in [-0.2, 0) is 18.4 Å². The Morgan fingerprint density at radius 1 is 0.643 bits per heavy atom. The fraction of sp³-hybridized carbons (Fsp3) is 0.786. The van der Waals surface area contributed by atoms with Crippen LogP contribution in [0, 0.1) is 0 Å². The molecule has 326 valence electrons. The summed E-state index contributed by atoms with van der Waals surface area (Å²) in [6.45, 7) is 3.63. The second-order valence-electron chi connectivity index (χ2n) is 15.0. The first-order valence-corrected chi connectivity index (χ1v) is 22.7. The molecule has 0 radical (unpaired) electrons. The summed E-state index contributed by atoms with van der Waals surface area (Å²) >= 11 is 0. The molecular weight excluding hydrogens is 741 g/mol. The second-order valence-corrected chi connectivity index (χ2v) is 16.4. The Balaban J connectivity index is 2.62. The number of hydrogen-bond donors (Lipinski definition) is 9. The van der Waals surface area contributed by atoms with Gasteiger partial charge in [0.05, 0.1) is 31.3 Å². The Kier molecular flexibility index (Phi) is 30.0. The van der Waals surface area contributed by atoms with Crippen molar-refractivity contribution in [3.63, 3.8) is 0 Å². The summed E-state index contributed by atoms with van der Waals surface area (Å²) in [7, 11) is -5.15. The summed E-state index contributed by atoms with van der Waals surface area (Å²) < 4.78 is 22.7. The highest BCUT2D eigenvalue weighted by atomic mass is 31.2. The molecule has 0 bridgehead atoms. The van der Waals surface area contributed by atoms with Crippen LogP contribution in [0.2, 0.25) is 0 Å². The number of allylic oxidation sites excluding steroid dienone is 7. The molecule has 1 aliphatic carbocycles. The van der Waals surface area contributed by atoms with E-state index in [1.165, 1.54) is 51.0 Å². The third kappa shape index (κ3) is 24.2. The summed E-state index contributed by atoms with van der Waals surface area (Å²) in [5.41, 5.74) is 0. The molecule has 8 unspecified atom stereocenters. The van der Waals surface area contributed by atoms with Gasteiger partial charge in [0.15, 0.2) is 0 Å². The van der Waals surface area contributed by atoms with Crippen molar-refractivity contribution in [3.8, 4) is 0 Å². The van der Waals surface area contributed by atoms with Crippen molar-refractivity contribution < 1.29 is 59.0 Å². The van der Waals surface area contributed by atoms with Gasteiger partial charge in [-0.25, -0.2) is 4.57 Å². The van der Waals surface area contributed by atoms with Gasteiger partial charge in [-0.1, -0.05) is 127 Å². The van der Waals surface area contributed by atoms with Gasteiger partial charge in [0.2, 0.25) is 5.91 Å². The van der Waals surface area contributed by atoms with E-state index in [0.717, 1.165) is 70.6 Å². The predicted octanol–water partition coefficient (Wildman–Crippen LogP) is 5.97. The van der Waals surface area contributed by atoms with Crippen LogP contribution in [0.25, 0.3) is 0 Å². The molecule has 0 aromatic rings. The van der Waals surface area contributed by atoms with E-state index in [9.17, 15) is 50.0 Å². The van der Waals surface area contributed by atoms with Gasteiger partial charge < -0.3 is 46.0 Å². The van der Waals surface area contributed by atoms with Crippen molar-refractivity contribution in [1.29, 1.82) is 0 Å². The van der Waals surface area contributed by atoms with E-state index >= 15 is 0 Å². The molecule has 8 atom stereocenters. The van der Waals surface area contributed by atoms with Crippen LogP contribution in [0.1, 0.15) is 149 Å². The number of aliphatic hydroxyl groups excluding tert-OH is 7. The van der Waals surface area contributed by atoms with Crippen molar-refractivity contribution in [2.24, 2.45) is 0 Å². The molecule has 0 aromatic carbocycles. The maximum absolute atomic E-state index is 12.9. The lowest BCUT2D eigenvalue weighted by Gasteiger charge is -2.41. The minimum atomic E-state index is -5.15. The first-order valence-electron chi connectivity index (χ1n) is 21.2. The third-order valence-corrected chi connectivity index (χ3v) is 10.9. The summed E-state index contributed by atoms with van der Waals surface area (Å²) in [5.74, 6) is -0.616. The van der Waals surface area contributed by atoms with Crippen LogP contribution in [0.3, 0.4) is 0 Å². The van der Waals surface area contributed by atoms with Crippen LogP contribution >= 0.6 is 7.82 Å². The predicted molar refractivity (Wildman–Crippen MR) is 219 cm³/mol. The molecule has 1 amide bonds. The monoisotopic (exact) mass is 818 g/mol. The van der Waals surface area contributed by atoms with Crippen LogP contribution in [0.4, 0.5) is 0 Å². The Morgan fingerprint density at radius 2 is 1.11 bits per heavy atom. The molecule has 1 rings (SSSR count). The van der Waals surface area contributed by atoms with E-state index in [1.54, 1.807) is 6.08 Å². The number of carbonyl (C=O) groups excluding carboxylic acids is 1. The zero-order valence-electron chi connectivity index (χ0n) is 34.0. The van der Waals surface area contributed by atoms with Gasteiger partial charge in [0.1, 0.15) is 36.6 Å². The van der Waals surface area contributed by atoms with Crippen LogP contribution in [-0.4, -0.2) is 108 Å². The number of amides is 1. The van der Waals surface area contributed by atoms with Gasteiger partial charge in [0, 0.05) is 0 Å². The summed E-state index contributed by atoms with van der Waals surface area (Å²) in [4.78, 5) is 23.3. The third-order valence-electron chi connectivity index (χ3n) is 9.89. The highest BCUT2D eigenvalue weighted by molar-refractivity contribution is 7.47. The van der Waals surface area contributed by atoms with Crippen molar-refractivity contribution in [3.05, 3.63) is 48.6 Å². The van der Waals surface area contributed by atoms with Crippen molar-refractivity contribution >= 4 is 13.7 Å². The Morgan fingerprint density at radius 3 is 1.71 bits per heavy atom. The molecule has 1 aliphatic rings. The van der Waals surface area contributed by atoms with Crippen molar-refractivity contribution in [2.45, 2.75) is 204 Å². The lowest BCUT2D eigenvalue weighted by molar-refractivity contribution is -0.220. The number of phosphoric acid groups is 1. The largest absolute Gasteiger partial charge is 0.472 e. The number of rotatable bonds is 33. The number of carbonyl (C=O) groups is 1. The fourth-order valence-corrected chi connectivity index (χ4v) is 7.31. The molecule has 1 fully saturated rings. The van der Waals surface area contributed by atoms with E-state index in [4.69, 9.17) is 9.05 Å². The summed E-state index contributed by atoms with van der Waals surface area (Å²) in [6, 6.07) is -1.26. The van der Waals surface area contributed by atoms with Crippen LogP contribution in [0.15, 0.2) is 48.6 Å². The van der Waals surface area contributed by atoms with Crippen LogP contribution < -0.4 is 5.32 Å². The Labute approximate surface area is 336 Å². The molecule has 9 N–H and O–H groups in total. The van der Waals surface area contributed by atoms with Gasteiger partial charge in [-0.05, 0) is 64.2 Å². The summed E-state index contributed by atoms with van der Waals surface area (Å²) in [6.07, 6.45) is 22.2. The highest BCUT2D eigenvalue weighted by Gasteiger charge is 2.51. The van der Waals surface area contributed by atoms with Crippen molar-refractivity contribution in [2.75, 3.05) is 6.61 Å². The zero-order valence-corrected chi connectivity index (χ0v) is 34.9. The number of aliphatic hydroxyl groups is 7. The molecule has 0 heterocycles. The topological polar surface area (TPSA) is 226 Å². The van der Waals surface area contributed by atoms with E-state index in [0.29, 0.717) is 12.8 Å². The lowest BCUT2D eigenvalue weighted by atomic mass is 9.85. The number of hydrogen-bond acceptors (Lipinski definition) is 11. The second kappa shape index (κ2) is 32.2. The molecule has 14 heteroatoms. The van der Waals surface area contributed by atoms with E-state index in [2.05, 4.69) is 55.6 Å². The quantitative estimate of drug-likeness (QED) is 0.0212. The smallest absolute Gasteiger partial charge is 0.393 e. The van der Waals surface area contributed by atoms with Crippen molar-refractivity contribution in [1.82, 2.24) is 5.32 Å². The normalized spacial score (nSPS) is 24.7. The van der Waals surface area contributed by atoms with Gasteiger partial charge >= 0.3 is 7.82 Å². The first-order chi connectivity index (χ1) is 26.8. The lowest BCUT2D eigenvalue weighted by Crippen LogP contribution is -2.64. The molecule has 0 aromatic heterocycles. The SMILES string of the molecule is CCCCC/C=C\C/C=C\CCCCCCCC(O)CC(=O)NC(COP(=O)(O)OC1C(O)C(O)C(O)C(O)C1O)C(O)/C=C/CC/C=C/CCCCCCC. The standard InChI is InChI=1S/C42H76NO12P/c1-3-5-7-9-11-13-15-16-17-18-20-21-23-25-27-29-33(44)31-36(46)43-34(35(45)30-28-26-24-22-19-14-12-10-8-6-4-2)32-54-56(52,53)55-42-40(50)38(48)37(47)39(49)41(42)51/h11,13,16-17,19,22,28,30,33-35,37-42,44-45,47-51H,3-10,12,14-15,18,20-21,23-27,29,31-32H2,1-2H3,(H,43,46)(H,52,53)/b13-11-,17-16-,22-19+,30-28+.